The third-order valence-electron chi connectivity index (χ3n) is 8.62. The van der Waals surface area contributed by atoms with Crippen LogP contribution in [0.4, 0.5) is 20.4 Å². The highest BCUT2D eigenvalue weighted by atomic mass is 19.3. The number of aliphatic hydroxyl groups is 1. The van der Waals surface area contributed by atoms with E-state index in [9.17, 15) is 18.7 Å². The Labute approximate surface area is 245 Å². The lowest BCUT2D eigenvalue weighted by molar-refractivity contribution is -0.152. The number of aryl methyl sites for hydroxylation is 1. The van der Waals surface area contributed by atoms with Gasteiger partial charge in [0.15, 0.2) is 0 Å². The summed E-state index contributed by atoms with van der Waals surface area (Å²) in [5.41, 5.74) is 1.65. The second-order valence-electron chi connectivity index (χ2n) is 11.8. The second-order valence-corrected chi connectivity index (χ2v) is 11.8. The number of anilines is 2. The van der Waals surface area contributed by atoms with Crippen LogP contribution >= 0.6 is 0 Å². The van der Waals surface area contributed by atoms with Crippen molar-refractivity contribution in [1.82, 2.24) is 20.3 Å². The molecular formula is C32H39F2N5O3. The molecule has 224 valence electrons. The Bertz CT molecular complexity index is 1350. The number of carbonyl (C=O) groups excluding carboxylic acids is 1. The Kier molecular flexibility index (Phi) is 9.43. The molecule has 0 unspecified atom stereocenters. The smallest absolute Gasteiger partial charge is 0.308 e. The molecule has 0 bridgehead atoms. The van der Waals surface area contributed by atoms with E-state index in [0.29, 0.717) is 42.6 Å². The maximum absolute atomic E-state index is 13.1. The number of pyridine rings is 3. The second kappa shape index (κ2) is 13.2. The van der Waals surface area contributed by atoms with E-state index < -0.39 is 12.0 Å². The minimum atomic E-state index is -2.59. The number of aromatic nitrogens is 3. The van der Waals surface area contributed by atoms with E-state index in [0.717, 1.165) is 49.9 Å². The predicted molar refractivity (Wildman–Crippen MR) is 156 cm³/mol. The van der Waals surface area contributed by atoms with Crippen molar-refractivity contribution in [3.63, 3.8) is 0 Å². The number of nitrogens with one attached hydrogen (secondary N) is 2. The van der Waals surface area contributed by atoms with Gasteiger partial charge in [-0.2, -0.15) is 0 Å². The highest BCUT2D eigenvalue weighted by Crippen LogP contribution is 2.41. The molecular weight excluding hydrogens is 540 g/mol. The molecule has 3 aromatic rings. The van der Waals surface area contributed by atoms with Crippen LogP contribution < -0.4 is 10.6 Å². The molecule has 2 fully saturated rings. The quantitative estimate of drug-likeness (QED) is 0.262. The maximum Gasteiger partial charge on any atom is 0.308 e. The Morgan fingerprint density at radius 3 is 2.52 bits per heavy atom. The van der Waals surface area contributed by atoms with Crippen LogP contribution in [0.25, 0.3) is 11.3 Å². The molecule has 1 atom stereocenters. The first kappa shape index (κ1) is 30.0. The van der Waals surface area contributed by atoms with Crippen LogP contribution in [0.2, 0.25) is 0 Å². The van der Waals surface area contributed by atoms with E-state index in [-0.39, 0.29) is 29.2 Å². The van der Waals surface area contributed by atoms with Gasteiger partial charge < -0.3 is 20.5 Å². The summed E-state index contributed by atoms with van der Waals surface area (Å²) in [5, 5.41) is 17.9. The molecule has 0 spiro atoms. The summed E-state index contributed by atoms with van der Waals surface area (Å²) in [6.45, 7) is 6.18. The van der Waals surface area contributed by atoms with Crippen LogP contribution in [-0.4, -0.2) is 45.7 Å². The van der Waals surface area contributed by atoms with Gasteiger partial charge in [0.2, 0.25) is 0 Å². The average molecular weight is 580 g/mol. The van der Waals surface area contributed by atoms with Gasteiger partial charge in [0.25, 0.3) is 6.43 Å². The fraction of sp³-hybridized carbons (Fsp3) is 0.500. The number of ether oxygens (including phenoxy) is 1. The van der Waals surface area contributed by atoms with Crippen molar-refractivity contribution in [3.05, 3.63) is 65.6 Å². The Morgan fingerprint density at radius 1 is 1.07 bits per heavy atom. The molecule has 1 aliphatic heterocycles. The highest BCUT2D eigenvalue weighted by molar-refractivity contribution is 5.72. The molecule has 10 heteroatoms. The number of nitrogens with zero attached hydrogens (tertiary/aromatic N) is 3. The number of rotatable bonds is 9. The van der Waals surface area contributed by atoms with Crippen LogP contribution in [0.15, 0.2) is 48.8 Å². The molecule has 8 nitrogen and oxygen atoms in total. The zero-order valence-electron chi connectivity index (χ0n) is 24.2. The fourth-order valence-corrected chi connectivity index (χ4v) is 5.97. The molecule has 3 N–H and O–H groups in total. The van der Waals surface area contributed by atoms with Crippen molar-refractivity contribution in [2.45, 2.75) is 64.4 Å². The summed E-state index contributed by atoms with van der Waals surface area (Å²) in [6.07, 6.45) is 5.36. The summed E-state index contributed by atoms with van der Waals surface area (Å²) in [7, 11) is 0. The molecule has 0 amide bonds. The summed E-state index contributed by atoms with van der Waals surface area (Å²) in [6, 6.07) is 10.0. The van der Waals surface area contributed by atoms with Crippen molar-refractivity contribution in [2.75, 3.05) is 25.0 Å². The van der Waals surface area contributed by atoms with Gasteiger partial charge in [-0.15, -0.1) is 0 Å². The van der Waals surface area contributed by atoms with Gasteiger partial charge in [-0.3, -0.25) is 9.78 Å². The van der Waals surface area contributed by atoms with Crippen LogP contribution in [0.5, 0.6) is 0 Å². The maximum atomic E-state index is 13.1. The van der Waals surface area contributed by atoms with E-state index >= 15 is 0 Å². The number of halogens is 2. The summed E-state index contributed by atoms with van der Waals surface area (Å²) < 4.78 is 31.8. The first-order valence-electron chi connectivity index (χ1n) is 14.8. The lowest BCUT2D eigenvalue weighted by Gasteiger charge is -2.37. The van der Waals surface area contributed by atoms with Crippen molar-refractivity contribution in [2.24, 2.45) is 17.8 Å². The molecule has 1 aliphatic carbocycles. The average Bonchev–Trinajstić information content (AvgIpc) is 3.00. The molecule has 0 radical (unpaired) electrons. The minimum Gasteiger partial charge on any atom is -0.465 e. The lowest BCUT2D eigenvalue weighted by atomic mass is 9.73. The van der Waals surface area contributed by atoms with Gasteiger partial charge in [0.1, 0.15) is 17.2 Å². The van der Waals surface area contributed by atoms with Crippen LogP contribution in [-0.2, 0) is 15.1 Å². The van der Waals surface area contributed by atoms with E-state index in [1.54, 1.807) is 13.1 Å². The normalized spacial score (nSPS) is 21.1. The molecule has 1 saturated heterocycles. The number of piperidine rings is 1. The summed E-state index contributed by atoms with van der Waals surface area (Å²) in [4.78, 5) is 26.0. The molecule has 42 heavy (non-hydrogen) atoms. The molecule has 5 rings (SSSR count). The standard InChI is InChI=1S/C32H39F2N5O3/c1-20-15-26(38-29(16-20)39-28-17-23(30(33)34)11-14-36-28)24-5-8-27(37-18-24)32(2,41)25-6-3-22(4-7-25)31(40)42-19-21-9-12-35-13-10-21/h5,8,11,14-18,21-22,25,30,35,41H,3-4,6-7,9-10,12-13,19H2,1-2H3,(H,36,38,39)/t22-,25-,32-/m1/s1. The van der Waals surface area contributed by atoms with Gasteiger partial charge in [0.05, 0.1) is 23.9 Å². The van der Waals surface area contributed by atoms with Gasteiger partial charge in [-0.25, -0.2) is 18.7 Å². The number of hydrogen-bond acceptors (Lipinski definition) is 8. The van der Waals surface area contributed by atoms with Crippen LogP contribution in [0.1, 0.15) is 68.7 Å². The Balaban J connectivity index is 1.20. The molecule has 3 aromatic heterocycles. The highest BCUT2D eigenvalue weighted by Gasteiger charge is 2.39. The summed E-state index contributed by atoms with van der Waals surface area (Å²) in [5.74, 6) is 0.968. The van der Waals surface area contributed by atoms with Gasteiger partial charge >= 0.3 is 5.97 Å². The molecule has 1 saturated carbocycles. The largest absolute Gasteiger partial charge is 0.465 e. The van der Waals surface area contributed by atoms with Gasteiger partial charge in [-0.1, -0.05) is 0 Å². The van der Waals surface area contributed by atoms with Crippen molar-refractivity contribution in [1.29, 1.82) is 0 Å². The SMILES string of the molecule is Cc1cc(Nc2cc(C(F)F)ccn2)nc(-c2ccc([C@](C)(O)[C@H]3CC[C@H](C(=O)OCC4CCNCC4)CC3)nc2)c1. The molecule has 0 aromatic carbocycles. The van der Waals surface area contributed by atoms with E-state index in [1.807, 2.05) is 31.2 Å². The van der Waals surface area contributed by atoms with Crippen LogP contribution in [0.3, 0.4) is 0 Å². The zero-order valence-corrected chi connectivity index (χ0v) is 24.2. The Morgan fingerprint density at radius 2 is 1.83 bits per heavy atom. The Hall–Kier alpha value is -3.50. The number of carbonyl (C=O) groups is 1. The predicted octanol–water partition coefficient (Wildman–Crippen LogP) is 6.08. The van der Waals surface area contributed by atoms with E-state index in [1.165, 1.54) is 18.3 Å². The van der Waals surface area contributed by atoms with E-state index in [2.05, 4.69) is 25.6 Å². The van der Waals surface area contributed by atoms with Gasteiger partial charge in [0, 0.05) is 23.5 Å². The third-order valence-corrected chi connectivity index (χ3v) is 8.62. The topological polar surface area (TPSA) is 109 Å². The fourth-order valence-electron chi connectivity index (χ4n) is 5.97. The minimum absolute atomic E-state index is 0.0197. The van der Waals surface area contributed by atoms with E-state index in [4.69, 9.17) is 4.74 Å². The molecule has 2 aliphatic rings. The summed E-state index contributed by atoms with van der Waals surface area (Å²) >= 11 is 0. The molecule has 4 heterocycles. The van der Waals surface area contributed by atoms with Crippen molar-refractivity contribution in [3.8, 4) is 11.3 Å². The third kappa shape index (κ3) is 7.28. The van der Waals surface area contributed by atoms with Gasteiger partial charge in [-0.05, 0) is 119 Å². The zero-order chi connectivity index (χ0) is 29.7. The van der Waals surface area contributed by atoms with Crippen molar-refractivity contribution < 1.29 is 23.4 Å². The lowest BCUT2D eigenvalue weighted by Crippen LogP contribution is -2.37. The first-order valence-corrected chi connectivity index (χ1v) is 14.8. The monoisotopic (exact) mass is 579 g/mol. The number of hydrogen-bond donors (Lipinski definition) is 3. The number of alkyl halides is 2. The first-order chi connectivity index (χ1) is 20.2. The number of esters is 1. The van der Waals surface area contributed by atoms with Crippen molar-refractivity contribution >= 4 is 17.6 Å². The van der Waals surface area contributed by atoms with Crippen LogP contribution in [0, 0.1) is 24.7 Å².